The second-order valence-corrected chi connectivity index (χ2v) is 9.82. The van der Waals surface area contributed by atoms with Gasteiger partial charge < -0.3 is 21.0 Å². The van der Waals surface area contributed by atoms with Gasteiger partial charge in [-0.1, -0.05) is 5.16 Å². The molecule has 196 valence electrons. The van der Waals surface area contributed by atoms with Gasteiger partial charge in [0.2, 0.25) is 17.4 Å². The number of amides is 2. The van der Waals surface area contributed by atoms with Crippen LogP contribution < -0.4 is 15.6 Å². The molecule has 18 heteroatoms. The monoisotopic (exact) mass is 558 g/mol. The number of hydrogen-bond donors (Lipinski definition) is 4. The standard InChI is InChI=1S/C20H19N11O5S2/c1-2-36-26-11(15-23-20(21)38-27-15)16(32)22-12-17(33)31-13(19(34)35)10(8-37-18(12)31)7-30-5-3-9(4-6-30)14-24-28-29-25-14/h3-6,12,18H,2,7-8H2,1H3,(H4,21,22,23,27,32,34,35)/p+1/t12?,18-/m1/s1. The third kappa shape index (κ3) is 4.77. The first-order chi connectivity index (χ1) is 18.4. The first-order valence-electron chi connectivity index (χ1n) is 11.1. The summed E-state index contributed by atoms with van der Waals surface area (Å²) in [6, 6.07) is 2.59. The quantitative estimate of drug-likeness (QED) is 0.105. The van der Waals surface area contributed by atoms with Crippen LogP contribution in [0.5, 0.6) is 0 Å². The highest BCUT2D eigenvalue weighted by molar-refractivity contribution is 8.00. The molecule has 3 aromatic rings. The largest absolute Gasteiger partial charge is 0.477 e. The van der Waals surface area contributed by atoms with Crippen LogP contribution in [-0.2, 0) is 25.8 Å². The molecule has 0 aromatic carbocycles. The van der Waals surface area contributed by atoms with Crippen LogP contribution >= 0.6 is 23.3 Å². The maximum Gasteiger partial charge on any atom is 0.352 e. The van der Waals surface area contributed by atoms with E-state index in [2.05, 4.69) is 40.5 Å². The van der Waals surface area contributed by atoms with E-state index in [1.807, 2.05) is 0 Å². The molecule has 5 heterocycles. The summed E-state index contributed by atoms with van der Waals surface area (Å²) in [7, 11) is 0. The van der Waals surface area contributed by atoms with Crippen molar-refractivity contribution in [3.05, 3.63) is 41.6 Å². The number of aromatic nitrogens is 7. The molecule has 16 nitrogen and oxygen atoms in total. The lowest BCUT2D eigenvalue weighted by atomic mass is 10.0. The average molecular weight is 559 g/mol. The van der Waals surface area contributed by atoms with Crippen molar-refractivity contribution in [3.8, 4) is 11.4 Å². The molecule has 5 rings (SSSR count). The molecule has 0 spiro atoms. The predicted molar refractivity (Wildman–Crippen MR) is 132 cm³/mol. The summed E-state index contributed by atoms with van der Waals surface area (Å²) in [5, 5.41) is 29.6. The van der Waals surface area contributed by atoms with Crippen molar-refractivity contribution >= 4 is 51.9 Å². The summed E-state index contributed by atoms with van der Waals surface area (Å²) in [6.45, 7) is 2.13. The highest BCUT2D eigenvalue weighted by atomic mass is 32.2. The molecule has 5 N–H and O–H groups in total. The number of rotatable bonds is 9. The molecular weight excluding hydrogens is 538 g/mol. The maximum absolute atomic E-state index is 13.0. The highest BCUT2D eigenvalue weighted by Crippen LogP contribution is 2.40. The van der Waals surface area contributed by atoms with Crippen LogP contribution in [0, 0.1) is 0 Å². The summed E-state index contributed by atoms with van der Waals surface area (Å²) in [5.74, 6) is -1.78. The van der Waals surface area contributed by atoms with E-state index in [0.717, 1.165) is 17.1 Å². The van der Waals surface area contributed by atoms with E-state index in [4.69, 9.17) is 10.6 Å². The molecule has 2 atom stereocenters. The molecule has 1 fully saturated rings. The number of thioether (sulfide) groups is 1. The lowest BCUT2D eigenvalue weighted by molar-refractivity contribution is -0.689. The lowest BCUT2D eigenvalue weighted by Crippen LogP contribution is -2.71. The number of pyridine rings is 1. The van der Waals surface area contributed by atoms with E-state index in [0.29, 0.717) is 17.2 Å². The number of tetrazole rings is 1. The highest BCUT2D eigenvalue weighted by Gasteiger charge is 2.54. The number of oxime groups is 1. The van der Waals surface area contributed by atoms with Gasteiger partial charge in [-0.25, -0.2) is 9.36 Å². The topological polar surface area (TPSA) is 218 Å². The van der Waals surface area contributed by atoms with Gasteiger partial charge in [0.1, 0.15) is 23.7 Å². The molecular formula is C20H20N11O5S2+. The Balaban J connectivity index is 1.32. The molecule has 38 heavy (non-hydrogen) atoms. The number of nitrogen functional groups attached to an aromatic ring is 1. The van der Waals surface area contributed by atoms with Gasteiger partial charge >= 0.3 is 5.97 Å². The van der Waals surface area contributed by atoms with E-state index in [1.54, 1.807) is 36.0 Å². The molecule has 0 radical (unpaired) electrons. The second kappa shape index (κ2) is 10.5. The molecule has 2 aliphatic heterocycles. The Labute approximate surface area is 222 Å². The van der Waals surface area contributed by atoms with Crippen LogP contribution in [0.3, 0.4) is 0 Å². The number of H-pyrrole nitrogens is 1. The van der Waals surface area contributed by atoms with Crippen LogP contribution in [0.15, 0.2) is 41.0 Å². The molecule has 3 aromatic heterocycles. The van der Waals surface area contributed by atoms with Crippen LogP contribution in [0.1, 0.15) is 12.7 Å². The summed E-state index contributed by atoms with van der Waals surface area (Å²) < 4.78 is 5.77. The first kappa shape index (κ1) is 25.2. The number of β-lactam (4-membered cyclic amide) rings is 1. The van der Waals surface area contributed by atoms with Gasteiger partial charge in [0, 0.05) is 40.6 Å². The number of aromatic amines is 1. The van der Waals surface area contributed by atoms with Crippen molar-refractivity contribution in [2.75, 3.05) is 18.1 Å². The minimum Gasteiger partial charge on any atom is -0.477 e. The number of carboxylic acid groups (broad SMARTS) is 1. The Kier molecular flexibility index (Phi) is 6.97. The zero-order valence-corrected chi connectivity index (χ0v) is 21.3. The van der Waals surface area contributed by atoms with Crippen molar-refractivity contribution in [2.24, 2.45) is 5.16 Å². The zero-order valence-electron chi connectivity index (χ0n) is 19.6. The van der Waals surface area contributed by atoms with Crippen LogP contribution in [0.25, 0.3) is 11.4 Å². The van der Waals surface area contributed by atoms with Crippen LogP contribution in [0.4, 0.5) is 5.13 Å². The number of anilines is 1. The van der Waals surface area contributed by atoms with Crippen molar-refractivity contribution in [2.45, 2.75) is 24.9 Å². The van der Waals surface area contributed by atoms with Gasteiger partial charge in [-0.05, 0) is 12.1 Å². The van der Waals surface area contributed by atoms with Gasteiger partial charge in [-0.3, -0.25) is 14.5 Å². The van der Waals surface area contributed by atoms with Gasteiger partial charge in [0.25, 0.3) is 11.8 Å². The number of nitrogens with zero attached hydrogens (tertiary/aromatic N) is 8. The Morgan fingerprint density at radius 2 is 2.18 bits per heavy atom. The number of carboxylic acids is 1. The predicted octanol–water partition coefficient (Wildman–Crippen LogP) is -1.23. The number of hydrogen-bond acceptors (Lipinski definition) is 13. The summed E-state index contributed by atoms with van der Waals surface area (Å²) in [4.78, 5) is 48.4. The molecule has 0 bridgehead atoms. The number of carbonyl (C=O) groups excluding carboxylic acids is 2. The zero-order chi connectivity index (χ0) is 26.8. The second-order valence-electron chi connectivity index (χ2n) is 7.93. The van der Waals surface area contributed by atoms with Crippen LogP contribution in [0.2, 0.25) is 0 Å². The normalized spacial score (nSPS) is 19.1. The van der Waals surface area contributed by atoms with E-state index in [1.165, 1.54) is 16.7 Å². The SMILES string of the molecule is CCON=C(C(=O)NC1C(=O)N2C(C(=O)O)=C(C[n+]3ccc(-c4nn[nH]n4)cc3)CS[C@H]12)c1nsc(N)n1. The Morgan fingerprint density at radius 1 is 1.39 bits per heavy atom. The number of nitrogens with one attached hydrogen (secondary N) is 2. The van der Waals surface area contributed by atoms with E-state index < -0.39 is 29.2 Å². The van der Waals surface area contributed by atoms with E-state index in [9.17, 15) is 19.5 Å². The van der Waals surface area contributed by atoms with Gasteiger partial charge in [0.15, 0.2) is 24.1 Å². The fraction of sp³-hybridized carbons (Fsp3) is 0.300. The summed E-state index contributed by atoms with van der Waals surface area (Å²) in [5.41, 5.74) is 6.57. The molecule has 1 unspecified atom stereocenters. The smallest absolute Gasteiger partial charge is 0.352 e. The Bertz CT molecular complexity index is 1440. The first-order valence-corrected chi connectivity index (χ1v) is 12.9. The molecule has 1 saturated heterocycles. The summed E-state index contributed by atoms with van der Waals surface area (Å²) in [6.07, 6.45) is 3.52. The van der Waals surface area contributed by atoms with E-state index in [-0.39, 0.29) is 35.5 Å². The third-order valence-corrected chi connectivity index (χ3v) is 7.44. The summed E-state index contributed by atoms with van der Waals surface area (Å²) >= 11 is 2.23. The maximum atomic E-state index is 13.0. The molecule has 2 amide bonds. The van der Waals surface area contributed by atoms with Crippen molar-refractivity contribution in [1.29, 1.82) is 0 Å². The van der Waals surface area contributed by atoms with E-state index >= 15 is 0 Å². The molecule has 0 saturated carbocycles. The number of nitrogens with two attached hydrogens (primary N) is 1. The Hall–Kier alpha value is -4.45. The molecule has 2 aliphatic rings. The number of carbonyl (C=O) groups is 3. The van der Waals surface area contributed by atoms with Crippen LogP contribution in [-0.4, -0.2) is 87.3 Å². The van der Waals surface area contributed by atoms with Gasteiger partial charge in [0.05, 0.1) is 0 Å². The van der Waals surface area contributed by atoms with Crippen molar-refractivity contribution in [1.82, 2.24) is 40.2 Å². The lowest BCUT2D eigenvalue weighted by Gasteiger charge is -2.49. The fourth-order valence-corrected chi connectivity index (χ4v) is 5.64. The van der Waals surface area contributed by atoms with Gasteiger partial charge in [-0.15, -0.1) is 22.0 Å². The molecule has 0 aliphatic carbocycles. The fourth-order valence-electron chi connectivity index (χ4n) is 3.88. The minimum atomic E-state index is -1.23. The van der Waals surface area contributed by atoms with Crippen molar-refractivity contribution < 1.29 is 28.9 Å². The third-order valence-electron chi connectivity index (χ3n) is 5.56. The average Bonchev–Trinajstić information content (AvgIpc) is 3.60. The number of fused-ring (bicyclic) bond motifs is 1. The Morgan fingerprint density at radius 3 is 2.82 bits per heavy atom. The number of aliphatic carboxylic acids is 1. The van der Waals surface area contributed by atoms with Crippen molar-refractivity contribution in [3.63, 3.8) is 0 Å². The van der Waals surface area contributed by atoms with Gasteiger partial charge in [-0.2, -0.15) is 14.6 Å². The minimum absolute atomic E-state index is 0.0332.